The molecule has 1 N–H and O–H groups in total. The lowest BCUT2D eigenvalue weighted by Crippen LogP contribution is -2.46. The van der Waals surface area contributed by atoms with Crippen LogP contribution in [0.4, 0.5) is 0 Å². The molecule has 140 valence electrons. The Hall–Kier alpha value is -2.42. The molecule has 0 saturated heterocycles. The highest BCUT2D eigenvalue weighted by molar-refractivity contribution is 7.99. The quantitative estimate of drug-likeness (QED) is 0.552. The van der Waals surface area contributed by atoms with Crippen LogP contribution in [0.3, 0.4) is 0 Å². The van der Waals surface area contributed by atoms with Crippen LogP contribution in [0.5, 0.6) is 0 Å². The van der Waals surface area contributed by atoms with Gasteiger partial charge in [-0.3, -0.25) is 9.78 Å². The van der Waals surface area contributed by atoms with Gasteiger partial charge in [-0.2, -0.15) is 0 Å². The highest BCUT2D eigenvalue weighted by Gasteiger charge is 2.26. The zero-order valence-electron chi connectivity index (χ0n) is 15.3. The zero-order chi connectivity index (χ0) is 19.1. The van der Waals surface area contributed by atoms with E-state index in [2.05, 4.69) is 20.5 Å². The van der Waals surface area contributed by atoms with E-state index >= 15 is 0 Å². The van der Waals surface area contributed by atoms with Gasteiger partial charge in [0.2, 0.25) is 5.91 Å². The fourth-order valence-corrected chi connectivity index (χ4v) is 3.06. The summed E-state index contributed by atoms with van der Waals surface area (Å²) in [4.78, 5) is 28.1. The minimum Gasteiger partial charge on any atom is -0.467 e. The normalized spacial score (nSPS) is 13.1. The Morgan fingerprint density at radius 3 is 2.62 bits per heavy atom. The standard InChI is InChI=1S/C17H23N5O3S/c1-5-11(2)14(16(24)25-4)19-13(23)10-26-17-21-20-15(22(17)3)12-6-8-18-9-7-12/h6-9,11,14H,5,10H2,1-4H3,(H,19,23). The third-order valence-corrected chi connectivity index (χ3v) is 5.11. The number of hydrogen-bond donors (Lipinski definition) is 1. The number of esters is 1. The molecule has 0 aliphatic carbocycles. The number of carbonyl (C=O) groups is 2. The van der Waals surface area contributed by atoms with E-state index in [1.807, 2.05) is 37.6 Å². The molecule has 2 rings (SSSR count). The second kappa shape index (κ2) is 9.33. The first kappa shape index (κ1) is 19.9. The van der Waals surface area contributed by atoms with Crippen LogP contribution in [0.15, 0.2) is 29.7 Å². The number of thioether (sulfide) groups is 1. The van der Waals surface area contributed by atoms with E-state index in [1.165, 1.54) is 18.9 Å². The Bertz CT molecular complexity index is 750. The number of nitrogens with one attached hydrogen (secondary N) is 1. The van der Waals surface area contributed by atoms with E-state index < -0.39 is 12.0 Å². The maximum atomic E-state index is 12.3. The summed E-state index contributed by atoms with van der Waals surface area (Å²) >= 11 is 1.26. The van der Waals surface area contributed by atoms with Gasteiger partial charge in [0.05, 0.1) is 12.9 Å². The van der Waals surface area contributed by atoms with Gasteiger partial charge in [-0.15, -0.1) is 10.2 Å². The van der Waals surface area contributed by atoms with Crippen molar-refractivity contribution in [2.45, 2.75) is 31.5 Å². The van der Waals surface area contributed by atoms with Crippen molar-refractivity contribution in [2.75, 3.05) is 12.9 Å². The SMILES string of the molecule is CCC(C)C(NC(=O)CSc1nnc(-c2ccncc2)n1C)C(=O)OC. The molecule has 2 heterocycles. The summed E-state index contributed by atoms with van der Waals surface area (Å²) in [6.07, 6.45) is 4.13. The van der Waals surface area contributed by atoms with Crippen LogP contribution in [-0.2, 0) is 21.4 Å². The number of pyridine rings is 1. The molecule has 2 aromatic heterocycles. The summed E-state index contributed by atoms with van der Waals surface area (Å²) in [7, 11) is 3.16. The van der Waals surface area contributed by atoms with Crippen molar-refractivity contribution in [3.05, 3.63) is 24.5 Å². The first-order valence-corrected chi connectivity index (χ1v) is 9.26. The highest BCUT2D eigenvalue weighted by Crippen LogP contribution is 2.22. The number of nitrogens with zero attached hydrogens (tertiary/aromatic N) is 4. The average Bonchev–Trinajstić information content (AvgIpc) is 3.04. The number of rotatable bonds is 8. The number of hydrogen-bond acceptors (Lipinski definition) is 7. The van der Waals surface area contributed by atoms with Crippen LogP contribution in [0.1, 0.15) is 20.3 Å². The summed E-state index contributed by atoms with van der Waals surface area (Å²) in [6, 6.07) is 3.04. The third-order valence-electron chi connectivity index (χ3n) is 4.09. The Morgan fingerprint density at radius 1 is 1.31 bits per heavy atom. The topological polar surface area (TPSA) is 99.0 Å². The predicted octanol–water partition coefficient (Wildman–Crippen LogP) is 1.67. The molecule has 2 aromatic rings. The molecule has 0 aliphatic rings. The second-order valence-electron chi connectivity index (χ2n) is 5.84. The van der Waals surface area contributed by atoms with Crippen molar-refractivity contribution in [3.63, 3.8) is 0 Å². The molecule has 2 unspecified atom stereocenters. The largest absolute Gasteiger partial charge is 0.467 e. The van der Waals surface area contributed by atoms with Crippen LogP contribution >= 0.6 is 11.8 Å². The molecule has 1 amide bonds. The molecule has 0 aromatic carbocycles. The molecular formula is C17H23N5O3S. The Morgan fingerprint density at radius 2 is 2.00 bits per heavy atom. The van der Waals surface area contributed by atoms with Gasteiger partial charge < -0.3 is 14.6 Å². The van der Waals surface area contributed by atoms with Gasteiger partial charge in [-0.05, 0) is 18.1 Å². The minimum atomic E-state index is -0.648. The molecule has 0 bridgehead atoms. The van der Waals surface area contributed by atoms with Gasteiger partial charge in [-0.1, -0.05) is 32.0 Å². The maximum absolute atomic E-state index is 12.3. The van der Waals surface area contributed by atoms with Gasteiger partial charge in [0.25, 0.3) is 0 Å². The molecule has 26 heavy (non-hydrogen) atoms. The van der Waals surface area contributed by atoms with Gasteiger partial charge in [-0.25, -0.2) is 4.79 Å². The van der Waals surface area contributed by atoms with Crippen LogP contribution in [0.2, 0.25) is 0 Å². The van der Waals surface area contributed by atoms with Crippen LogP contribution in [0.25, 0.3) is 11.4 Å². The smallest absolute Gasteiger partial charge is 0.328 e. The van der Waals surface area contributed by atoms with E-state index in [-0.39, 0.29) is 17.6 Å². The summed E-state index contributed by atoms with van der Waals surface area (Å²) in [6.45, 7) is 3.86. The fraction of sp³-hybridized carbons (Fsp3) is 0.471. The van der Waals surface area contributed by atoms with Crippen molar-refractivity contribution in [3.8, 4) is 11.4 Å². The number of aromatic nitrogens is 4. The number of methoxy groups -OCH3 is 1. The Labute approximate surface area is 156 Å². The first-order valence-electron chi connectivity index (χ1n) is 8.27. The number of carbonyl (C=O) groups excluding carboxylic acids is 2. The van der Waals surface area contributed by atoms with Gasteiger partial charge >= 0.3 is 5.97 Å². The lowest BCUT2D eigenvalue weighted by Gasteiger charge is -2.21. The molecule has 0 aliphatic heterocycles. The predicted molar refractivity (Wildman–Crippen MR) is 98.4 cm³/mol. The third kappa shape index (κ3) is 4.81. The van der Waals surface area contributed by atoms with E-state index in [4.69, 9.17) is 4.74 Å². The first-order chi connectivity index (χ1) is 12.5. The van der Waals surface area contributed by atoms with Crippen LogP contribution in [0, 0.1) is 5.92 Å². The lowest BCUT2D eigenvalue weighted by atomic mass is 9.99. The monoisotopic (exact) mass is 377 g/mol. The van der Waals surface area contributed by atoms with Crippen molar-refractivity contribution in [1.29, 1.82) is 0 Å². The maximum Gasteiger partial charge on any atom is 0.328 e. The molecular weight excluding hydrogens is 354 g/mol. The van der Waals surface area contributed by atoms with Gasteiger partial charge in [0.15, 0.2) is 11.0 Å². The van der Waals surface area contributed by atoms with Crippen LogP contribution < -0.4 is 5.32 Å². The van der Waals surface area contributed by atoms with E-state index in [0.29, 0.717) is 11.0 Å². The van der Waals surface area contributed by atoms with Gasteiger partial charge in [0.1, 0.15) is 6.04 Å². The average molecular weight is 377 g/mol. The molecule has 0 radical (unpaired) electrons. The fourth-order valence-electron chi connectivity index (χ4n) is 2.33. The van der Waals surface area contributed by atoms with Crippen molar-refractivity contribution in [2.24, 2.45) is 13.0 Å². The molecule has 8 nitrogen and oxygen atoms in total. The summed E-state index contributed by atoms with van der Waals surface area (Å²) in [5, 5.41) is 11.7. The minimum absolute atomic E-state index is 0.00970. The lowest BCUT2D eigenvalue weighted by molar-refractivity contribution is -0.146. The van der Waals surface area contributed by atoms with Crippen molar-refractivity contribution >= 4 is 23.6 Å². The molecule has 9 heteroatoms. The van der Waals surface area contributed by atoms with Crippen LogP contribution in [-0.4, -0.2) is 50.5 Å². The van der Waals surface area contributed by atoms with E-state index in [9.17, 15) is 9.59 Å². The highest BCUT2D eigenvalue weighted by atomic mass is 32.2. The summed E-state index contributed by atoms with van der Waals surface area (Å²) < 4.78 is 6.60. The Balaban J connectivity index is 1.99. The van der Waals surface area contributed by atoms with Gasteiger partial charge in [0, 0.05) is 25.0 Å². The van der Waals surface area contributed by atoms with E-state index in [1.54, 1.807) is 12.4 Å². The van der Waals surface area contributed by atoms with Crippen molar-refractivity contribution < 1.29 is 14.3 Å². The second-order valence-corrected chi connectivity index (χ2v) is 6.79. The molecule has 0 fully saturated rings. The zero-order valence-corrected chi connectivity index (χ0v) is 16.1. The molecule has 2 atom stereocenters. The number of amides is 1. The molecule has 0 spiro atoms. The van der Waals surface area contributed by atoms with Crippen molar-refractivity contribution in [1.82, 2.24) is 25.1 Å². The summed E-state index contributed by atoms with van der Waals surface area (Å²) in [5.41, 5.74) is 0.897. The Kier molecular flexibility index (Phi) is 7.14. The molecule has 0 saturated carbocycles. The summed E-state index contributed by atoms with van der Waals surface area (Å²) in [5.74, 6) is 0.133. The number of ether oxygens (including phenoxy) is 1. The van der Waals surface area contributed by atoms with E-state index in [0.717, 1.165) is 12.0 Å².